The molecule has 0 heterocycles. The van der Waals surface area contributed by atoms with E-state index in [1.165, 1.54) is 7.11 Å². The highest BCUT2D eigenvalue weighted by Gasteiger charge is 2.03. The van der Waals surface area contributed by atoms with E-state index in [-0.39, 0.29) is 5.97 Å². The van der Waals surface area contributed by atoms with Gasteiger partial charge in [-0.25, -0.2) is 4.79 Å². The van der Waals surface area contributed by atoms with Crippen LogP contribution in [0.5, 0.6) is 0 Å². The average molecular weight is 195 g/mol. The summed E-state index contributed by atoms with van der Waals surface area (Å²) in [4.78, 5) is 11.0. The molecule has 14 heavy (non-hydrogen) atoms. The highest BCUT2D eigenvalue weighted by molar-refractivity contribution is 5.90. The molecule has 0 aliphatic carbocycles. The van der Waals surface area contributed by atoms with Crippen LogP contribution >= 0.6 is 0 Å². The molecule has 0 aromatic heterocycles. The van der Waals surface area contributed by atoms with Crippen LogP contribution in [0.2, 0.25) is 0 Å². The Balaban J connectivity index is 0.000000791. The topological polar surface area (TPSA) is 38.3 Å². The quantitative estimate of drug-likeness (QED) is 0.737. The number of esters is 1. The molecule has 1 aromatic rings. The summed E-state index contributed by atoms with van der Waals surface area (Å²) in [5.74, 6) is -0.313. The zero-order valence-electron chi connectivity index (χ0n) is 9.13. The molecular formula is C11H17NO2. The van der Waals surface area contributed by atoms with Crippen molar-refractivity contribution in [3.63, 3.8) is 0 Å². The maximum Gasteiger partial charge on any atom is 0.337 e. The molecule has 0 aliphatic rings. The standard InChI is InChI=1S/C9H11NO2.C2H6/c1-10-8-5-3-4-7(6-8)9(11)12-2;1-2/h3-6,10H,1-2H3;1-2H3. The first kappa shape index (κ1) is 12.5. The Morgan fingerprint density at radius 1 is 1.36 bits per heavy atom. The second-order valence-electron chi connectivity index (χ2n) is 2.32. The van der Waals surface area contributed by atoms with Gasteiger partial charge in [0.05, 0.1) is 12.7 Å². The largest absolute Gasteiger partial charge is 0.465 e. The zero-order valence-corrected chi connectivity index (χ0v) is 9.13. The second-order valence-corrected chi connectivity index (χ2v) is 2.32. The van der Waals surface area contributed by atoms with Gasteiger partial charge in [-0.2, -0.15) is 0 Å². The molecule has 3 heteroatoms. The maximum absolute atomic E-state index is 11.0. The van der Waals surface area contributed by atoms with Gasteiger partial charge in [0.15, 0.2) is 0 Å². The first-order chi connectivity index (χ1) is 6.77. The molecule has 0 unspecified atom stereocenters. The summed E-state index contributed by atoms with van der Waals surface area (Å²) < 4.78 is 4.57. The van der Waals surface area contributed by atoms with E-state index < -0.39 is 0 Å². The molecule has 1 N–H and O–H groups in total. The van der Waals surface area contributed by atoms with E-state index >= 15 is 0 Å². The lowest BCUT2D eigenvalue weighted by Gasteiger charge is -2.02. The molecule has 0 atom stereocenters. The molecule has 0 saturated carbocycles. The number of hydrogen-bond donors (Lipinski definition) is 1. The van der Waals surface area contributed by atoms with Crippen molar-refractivity contribution in [1.29, 1.82) is 0 Å². The fraction of sp³-hybridized carbons (Fsp3) is 0.364. The Morgan fingerprint density at radius 2 is 2.00 bits per heavy atom. The van der Waals surface area contributed by atoms with E-state index in [9.17, 15) is 4.79 Å². The third-order valence-electron chi connectivity index (χ3n) is 1.57. The van der Waals surface area contributed by atoms with Crippen LogP contribution in [0, 0.1) is 0 Å². The van der Waals surface area contributed by atoms with Gasteiger partial charge in [0.1, 0.15) is 0 Å². The van der Waals surface area contributed by atoms with Crippen molar-refractivity contribution in [2.45, 2.75) is 13.8 Å². The number of methoxy groups -OCH3 is 1. The maximum atomic E-state index is 11.0. The van der Waals surface area contributed by atoms with Gasteiger partial charge in [0.25, 0.3) is 0 Å². The Morgan fingerprint density at radius 3 is 2.50 bits per heavy atom. The SMILES string of the molecule is CC.CNc1cccc(C(=O)OC)c1. The minimum atomic E-state index is -0.313. The fourth-order valence-corrected chi connectivity index (χ4v) is 0.920. The number of hydrogen-bond acceptors (Lipinski definition) is 3. The third-order valence-corrected chi connectivity index (χ3v) is 1.57. The highest BCUT2D eigenvalue weighted by atomic mass is 16.5. The van der Waals surface area contributed by atoms with Crippen LogP contribution in [0.1, 0.15) is 24.2 Å². The zero-order chi connectivity index (χ0) is 11.0. The first-order valence-corrected chi connectivity index (χ1v) is 4.64. The molecule has 0 aliphatic heterocycles. The van der Waals surface area contributed by atoms with Gasteiger partial charge in [-0.3, -0.25) is 0 Å². The highest BCUT2D eigenvalue weighted by Crippen LogP contribution is 2.10. The monoisotopic (exact) mass is 195 g/mol. The van der Waals surface area contributed by atoms with Crippen LogP contribution in [-0.4, -0.2) is 20.1 Å². The van der Waals surface area contributed by atoms with E-state index in [2.05, 4.69) is 10.1 Å². The molecule has 0 fully saturated rings. The van der Waals surface area contributed by atoms with Gasteiger partial charge in [0, 0.05) is 12.7 Å². The molecular weight excluding hydrogens is 178 g/mol. The van der Waals surface area contributed by atoms with E-state index in [1.54, 1.807) is 25.2 Å². The number of anilines is 1. The van der Waals surface area contributed by atoms with Crippen molar-refractivity contribution in [2.24, 2.45) is 0 Å². The second kappa shape index (κ2) is 6.95. The summed E-state index contributed by atoms with van der Waals surface area (Å²) in [6.07, 6.45) is 0. The number of carbonyl (C=O) groups excluding carboxylic acids is 1. The van der Waals surface area contributed by atoms with Crippen LogP contribution in [0.25, 0.3) is 0 Å². The number of nitrogens with one attached hydrogen (secondary N) is 1. The van der Waals surface area contributed by atoms with E-state index in [1.807, 2.05) is 19.9 Å². The van der Waals surface area contributed by atoms with Gasteiger partial charge in [-0.1, -0.05) is 19.9 Å². The molecule has 0 radical (unpaired) electrons. The predicted octanol–water partition coefficient (Wildman–Crippen LogP) is 2.54. The van der Waals surface area contributed by atoms with Crippen molar-refractivity contribution in [3.8, 4) is 0 Å². The summed E-state index contributed by atoms with van der Waals surface area (Å²) in [6, 6.07) is 7.14. The van der Waals surface area contributed by atoms with Crippen LogP contribution in [0.4, 0.5) is 5.69 Å². The molecule has 0 spiro atoms. The van der Waals surface area contributed by atoms with Crippen LogP contribution in [0.3, 0.4) is 0 Å². The van der Waals surface area contributed by atoms with Crippen molar-refractivity contribution in [3.05, 3.63) is 29.8 Å². The molecule has 0 saturated heterocycles. The summed E-state index contributed by atoms with van der Waals surface area (Å²) in [6.45, 7) is 4.00. The van der Waals surface area contributed by atoms with Gasteiger partial charge in [-0.15, -0.1) is 0 Å². The lowest BCUT2D eigenvalue weighted by molar-refractivity contribution is 0.0601. The number of benzene rings is 1. The Kier molecular flexibility index (Phi) is 6.20. The Hall–Kier alpha value is -1.51. The van der Waals surface area contributed by atoms with E-state index in [4.69, 9.17) is 0 Å². The first-order valence-electron chi connectivity index (χ1n) is 4.64. The van der Waals surface area contributed by atoms with Crippen molar-refractivity contribution < 1.29 is 9.53 Å². The van der Waals surface area contributed by atoms with Crippen LogP contribution < -0.4 is 5.32 Å². The van der Waals surface area contributed by atoms with Crippen molar-refractivity contribution in [2.75, 3.05) is 19.5 Å². The van der Waals surface area contributed by atoms with Gasteiger partial charge >= 0.3 is 5.97 Å². The smallest absolute Gasteiger partial charge is 0.337 e. The average Bonchev–Trinajstić information content (AvgIpc) is 2.30. The van der Waals surface area contributed by atoms with Gasteiger partial charge in [-0.05, 0) is 18.2 Å². The molecule has 78 valence electrons. The number of ether oxygens (including phenoxy) is 1. The summed E-state index contributed by atoms with van der Waals surface area (Å²) in [5.41, 5.74) is 1.46. The van der Waals surface area contributed by atoms with E-state index in [0.29, 0.717) is 5.56 Å². The summed E-state index contributed by atoms with van der Waals surface area (Å²) in [7, 11) is 3.17. The van der Waals surface area contributed by atoms with Crippen molar-refractivity contribution >= 4 is 11.7 Å². The molecule has 3 nitrogen and oxygen atoms in total. The Labute approximate surface area is 85.1 Å². The number of rotatable bonds is 2. The lowest BCUT2D eigenvalue weighted by Crippen LogP contribution is -2.01. The van der Waals surface area contributed by atoms with Crippen LogP contribution in [-0.2, 0) is 4.74 Å². The molecule has 0 bridgehead atoms. The third kappa shape index (κ3) is 3.47. The van der Waals surface area contributed by atoms with Crippen LogP contribution in [0.15, 0.2) is 24.3 Å². The number of carbonyl (C=O) groups is 1. The summed E-state index contributed by atoms with van der Waals surface area (Å²) >= 11 is 0. The minimum absolute atomic E-state index is 0.313. The molecule has 1 rings (SSSR count). The lowest BCUT2D eigenvalue weighted by atomic mass is 10.2. The fourth-order valence-electron chi connectivity index (χ4n) is 0.920. The normalized spacial score (nSPS) is 8.29. The molecule has 1 aromatic carbocycles. The van der Waals surface area contributed by atoms with Gasteiger partial charge < -0.3 is 10.1 Å². The molecule has 0 amide bonds. The summed E-state index contributed by atoms with van der Waals surface area (Å²) in [5, 5.41) is 2.94. The predicted molar refractivity (Wildman–Crippen MR) is 58.7 cm³/mol. The minimum Gasteiger partial charge on any atom is -0.465 e. The Bertz CT molecular complexity index is 284. The van der Waals surface area contributed by atoms with Crippen molar-refractivity contribution in [1.82, 2.24) is 0 Å². The van der Waals surface area contributed by atoms with Gasteiger partial charge in [0.2, 0.25) is 0 Å². The van der Waals surface area contributed by atoms with E-state index in [0.717, 1.165) is 5.69 Å².